The van der Waals surface area contributed by atoms with E-state index in [1.807, 2.05) is 0 Å². The summed E-state index contributed by atoms with van der Waals surface area (Å²) in [6, 6.07) is 6.11. The molecule has 7 heteroatoms. The number of hydrogen-bond donors (Lipinski definition) is 0. The molecule has 1 aromatic carbocycles. The van der Waals surface area contributed by atoms with Gasteiger partial charge in [0.1, 0.15) is 5.82 Å². The maximum absolute atomic E-state index is 13.8. The van der Waals surface area contributed by atoms with E-state index in [9.17, 15) is 12.8 Å². The Labute approximate surface area is 149 Å². The Hall–Kier alpha value is -1.02. The lowest BCUT2D eigenvalue weighted by Crippen LogP contribution is -2.39. The largest absolute Gasteiger partial charge is 0.379 e. The summed E-state index contributed by atoms with van der Waals surface area (Å²) in [7, 11) is -3.48. The predicted octanol–water partition coefficient (Wildman–Crippen LogP) is 2.09. The lowest BCUT2D eigenvalue weighted by atomic mass is 10.00. The molecule has 2 heterocycles. The van der Waals surface area contributed by atoms with Crippen molar-refractivity contribution in [2.45, 2.75) is 25.0 Å². The van der Waals surface area contributed by atoms with E-state index in [0.717, 1.165) is 52.1 Å². The van der Waals surface area contributed by atoms with Crippen molar-refractivity contribution in [1.82, 2.24) is 9.21 Å². The molecule has 25 heavy (non-hydrogen) atoms. The van der Waals surface area contributed by atoms with Gasteiger partial charge >= 0.3 is 0 Å². The number of hydrogen-bond acceptors (Lipinski definition) is 4. The molecule has 2 fully saturated rings. The number of nitrogens with zero attached hydrogens (tertiary/aromatic N) is 2. The molecule has 2 saturated heterocycles. The molecule has 0 saturated carbocycles. The Kier molecular flexibility index (Phi) is 6.44. The molecule has 1 aromatic rings. The van der Waals surface area contributed by atoms with E-state index in [1.165, 1.54) is 6.07 Å². The van der Waals surface area contributed by atoms with Crippen molar-refractivity contribution in [3.05, 3.63) is 35.6 Å². The minimum absolute atomic E-state index is 0.247. The van der Waals surface area contributed by atoms with Crippen LogP contribution >= 0.6 is 0 Å². The summed E-state index contributed by atoms with van der Waals surface area (Å²) in [4.78, 5) is 2.41. The van der Waals surface area contributed by atoms with Crippen LogP contribution in [0.25, 0.3) is 0 Å². The monoisotopic (exact) mass is 370 g/mol. The Bertz CT molecular complexity index is 662. The first-order chi connectivity index (χ1) is 12.0. The summed E-state index contributed by atoms with van der Waals surface area (Å²) >= 11 is 0. The second-order valence-corrected chi connectivity index (χ2v) is 8.93. The predicted molar refractivity (Wildman–Crippen MR) is 95.2 cm³/mol. The SMILES string of the molecule is O=S(=O)(Cc1ccccc1F)N1CCCC(CN2CCOCC2)CC1. The maximum atomic E-state index is 13.8. The summed E-state index contributed by atoms with van der Waals surface area (Å²) < 4.78 is 46.1. The maximum Gasteiger partial charge on any atom is 0.218 e. The fourth-order valence-corrected chi connectivity index (χ4v) is 5.25. The quantitative estimate of drug-likeness (QED) is 0.796. The fraction of sp³-hybridized carbons (Fsp3) is 0.667. The van der Waals surface area contributed by atoms with Crippen LogP contribution in [-0.2, 0) is 20.5 Å². The van der Waals surface area contributed by atoms with Gasteiger partial charge in [0.2, 0.25) is 10.0 Å². The molecule has 0 aliphatic carbocycles. The summed E-state index contributed by atoms with van der Waals surface area (Å²) in [6.45, 7) is 5.59. The molecule has 140 valence electrons. The van der Waals surface area contributed by atoms with Crippen molar-refractivity contribution in [3.8, 4) is 0 Å². The standard InChI is InChI=1S/C18H27FN2O3S/c19-18-6-2-1-5-17(18)15-25(22,23)21-8-3-4-16(7-9-21)14-20-10-12-24-13-11-20/h1-2,5-6,16H,3-4,7-15H2. The van der Waals surface area contributed by atoms with Crippen LogP contribution < -0.4 is 0 Å². The van der Waals surface area contributed by atoms with Gasteiger partial charge in [-0.2, -0.15) is 0 Å². The van der Waals surface area contributed by atoms with Crippen molar-refractivity contribution in [3.63, 3.8) is 0 Å². The molecule has 0 spiro atoms. The van der Waals surface area contributed by atoms with E-state index < -0.39 is 15.8 Å². The second kappa shape index (κ2) is 8.58. The minimum Gasteiger partial charge on any atom is -0.379 e. The average Bonchev–Trinajstić information content (AvgIpc) is 2.84. The average molecular weight is 370 g/mol. The Morgan fingerprint density at radius 2 is 1.84 bits per heavy atom. The first-order valence-electron chi connectivity index (χ1n) is 9.06. The molecule has 0 radical (unpaired) electrons. The molecule has 0 bridgehead atoms. The molecule has 2 aliphatic heterocycles. The molecule has 3 rings (SSSR count). The van der Waals surface area contributed by atoms with Gasteiger partial charge in [0.15, 0.2) is 0 Å². The Balaban J connectivity index is 1.57. The van der Waals surface area contributed by atoms with Crippen LogP contribution in [0, 0.1) is 11.7 Å². The van der Waals surface area contributed by atoms with Gasteiger partial charge < -0.3 is 4.74 Å². The number of ether oxygens (including phenoxy) is 1. The van der Waals surface area contributed by atoms with Gasteiger partial charge in [0.05, 0.1) is 19.0 Å². The zero-order chi connectivity index (χ0) is 17.7. The van der Waals surface area contributed by atoms with Crippen LogP contribution in [0.5, 0.6) is 0 Å². The summed E-state index contributed by atoms with van der Waals surface area (Å²) in [6.07, 6.45) is 2.78. The van der Waals surface area contributed by atoms with Gasteiger partial charge in [0.25, 0.3) is 0 Å². The van der Waals surface area contributed by atoms with Crippen molar-refractivity contribution < 1.29 is 17.5 Å². The van der Waals surface area contributed by atoms with Gasteiger partial charge in [-0.3, -0.25) is 4.90 Å². The Morgan fingerprint density at radius 1 is 1.08 bits per heavy atom. The number of morpholine rings is 1. The lowest BCUT2D eigenvalue weighted by molar-refractivity contribution is 0.0297. The fourth-order valence-electron chi connectivity index (χ4n) is 3.65. The van der Waals surface area contributed by atoms with Crippen LogP contribution in [0.2, 0.25) is 0 Å². The molecular formula is C18H27FN2O3S. The zero-order valence-electron chi connectivity index (χ0n) is 14.6. The lowest BCUT2D eigenvalue weighted by Gasteiger charge is -2.30. The highest BCUT2D eigenvalue weighted by atomic mass is 32.2. The highest BCUT2D eigenvalue weighted by Gasteiger charge is 2.28. The normalized spacial score (nSPS) is 24.1. The number of rotatable bonds is 5. The zero-order valence-corrected chi connectivity index (χ0v) is 15.4. The van der Waals surface area contributed by atoms with Gasteiger partial charge in [-0.15, -0.1) is 0 Å². The second-order valence-electron chi connectivity index (χ2n) is 6.96. The van der Waals surface area contributed by atoms with E-state index in [0.29, 0.717) is 19.0 Å². The highest BCUT2D eigenvalue weighted by Crippen LogP contribution is 2.23. The van der Waals surface area contributed by atoms with E-state index >= 15 is 0 Å². The highest BCUT2D eigenvalue weighted by molar-refractivity contribution is 7.88. The summed E-state index contributed by atoms with van der Waals surface area (Å²) in [5, 5.41) is 0. The summed E-state index contributed by atoms with van der Waals surface area (Å²) in [5.41, 5.74) is 0.247. The van der Waals surface area contributed by atoms with Gasteiger partial charge in [-0.25, -0.2) is 17.1 Å². The third-order valence-electron chi connectivity index (χ3n) is 5.12. The van der Waals surface area contributed by atoms with Crippen LogP contribution in [0.4, 0.5) is 4.39 Å². The summed E-state index contributed by atoms with van der Waals surface area (Å²) in [5.74, 6) is -0.189. The van der Waals surface area contributed by atoms with Crippen LogP contribution in [0.1, 0.15) is 24.8 Å². The number of halogens is 1. The third kappa shape index (κ3) is 5.23. The van der Waals surface area contributed by atoms with Gasteiger partial charge in [-0.1, -0.05) is 18.2 Å². The first-order valence-corrected chi connectivity index (χ1v) is 10.7. The molecule has 1 atom stereocenters. The van der Waals surface area contributed by atoms with Gasteiger partial charge in [-0.05, 0) is 31.2 Å². The smallest absolute Gasteiger partial charge is 0.218 e. The van der Waals surface area contributed by atoms with Crippen molar-refractivity contribution in [2.75, 3.05) is 45.9 Å². The minimum atomic E-state index is -3.48. The molecule has 5 nitrogen and oxygen atoms in total. The van der Waals surface area contributed by atoms with E-state index in [1.54, 1.807) is 22.5 Å². The number of sulfonamides is 1. The first kappa shape index (κ1) is 18.8. The molecular weight excluding hydrogens is 343 g/mol. The van der Waals surface area contributed by atoms with Gasteiger partial charge in [0, 0.05) is 38.3 Å². The topological polar surface area (TPSA) is 49.9 Å². The third-order valence-corrected chi connectivity index (χ3v) is 6.94. The Morgan fingerprint density at radius 3 is 2.60 bits per heavy atom. The van der Waals surface area contributed by atoms with Crippen molar-refractivity contribution >= 4 is 10.0 Å². The van der Waals surface area contributed by atoms with Crippen LogP contribution in [-0.4, -0.2) is 63.6 Å². The molecule has 0 N–H and O–H groups in total. The molecule has 2 aliphatic rings. The molecule has 0 aromatic heterocycles. The van der Waals surface area contributed by atoms with Crippen LogP contribution in [0.3, 0.4) is 0 Å². The number of benzene rings is 1. The van der Waals surface area contributed by atoms with E-state index in [2.05, 4.69) is 4.90 Å². The van der Waals surface area contributed by atoms with E-state index in [4.69, 9.17) is 4.74 Å². The van der Waals surface area contributed by atoms with E-state index in [-0.39, 0.29) is 11.3 Å². The molecule has 0 amide bonds. The van der Waals surface area contributed by atoms with Crippen molar-refractivity contribution in [2.24, 2.45) is 5.92 Å². The van der Waals surface area contributed by atoms with Crippen molar-refractivity contribution in [1.29, 1.82) is 0 Å². The molecule has 1 unspecified atom stereocenters. The van der Waals surface area contributed by atoms with Crippen LogP contribution in [0.15, 0.2) is 24.3 Å².